The van der Waals surface area contributed by atoms with Crippen LogP contribution in [0.3, 0.4) is 0 Å². The molecule has 126 valence electrons. The Morgan fingerprint density at radius 1 is 1.21 bits per heavy atom. The van der Waals surface area contributed by atoms with Gasteiger partial charge in [0.05, 0.1) is 28.5 Å². The van der Waals surface area contributed by atoms with Crippen LogP contribution in [-0.2, 0) is 0 Å². The molecule has 0 spiro atoms. The predicted molar refractivity (Wildman–Crippen MR) is 103 cm³/mol. The normalized spacial score (nSPS) is 10.7. The van der Waals surface area contributed by atoms with E-state index >= 15 is 0 Å². The van der Waals surface area contributed by atoms with Crippen molar-refractivity contribution < 1.29 is 19.4 Å². The molecule has 0 heterocycles. The van der Waals surface area contributed by atoms with Crippen LogP contribution < -0.4 is 14.9 Å². The number of aromatic hydroxyl groups is 1. The SMILES string of the molecule is COc1cc(OC)cc(C(=O)N/N=C\c2cc(Br)c(O)c(I)c2)c1. The fourth-order valence-corrected chi connectivity index (χ4v) is 3.33. The maximum Gasteiger partial charge on any atom is 0.271 e. The molecular weight excluding hydrogens is 491 g/mol. The van der Waals surface area contributed by atoms with Crippen LogP contribution in [0.15, 0.2) is 39.9 Å². The Hall–Kier alpha value is -1.81. The van der Waals surface area contributed by atoms with Crippen LogP contribution in [0.2, 0.25) is 0 Å². The lowest BCUT2D eigenvalue weighted by atomic mass is 10.2. The monoisotopic (exact) mass is 504 g/mol. The summed E-state index contributed by atoms with van der Waals surface area (Å²) in [5.41, 5.74) is 3.54. The lowest BCUT2D eigenvalue weighted by Gasteiger charge is -2.07. The number of amides is 1. The number of phenols is 1. The van der Waals surface area contributed by atoms with Gasteiger partial charge in [-0.3, -0.25) is 4.79 Å². The van der Waals surface area contributed by atoms with E-state index in [1.807, 2.05) is 22.6 Å². The van der Waals surface area contributed by atoms with Crippen molar-refractivity contribution in [3.63, 3.8) is 0 Å². The first-order valence-electron chi connectivity index (χ1n) is 6.69. The van der Waals surface area contributed by atoms with E-state index in [0.29, 0.717) is 25.1 Å². The lowest BCUT2D eigenvalue weighted by molar-refractivity contribution is 0.0954. The van der Waals surface area contributed by atoms with Gasteiger partial charge in [-0.25, -0.2) is 5.43 Å². The number of hydrazone groups is 1. The molecule has 24 heavy (non-hydrogen) atoms. The minimum Gasteiger partial charge on any atom is -0.506 e. The third-order valence-corrected chi connectivity index (χ3v) is 4.46. The van der Waals surface area contributed by atoms with Crippen molar-refractivity contribution in [3.8, 4) is 17.2 Å². The molecule has 2 aromatic rings. The Bertz CT molecular complexity index is 750. The first-order valence-corrected chi connectivity index (χ1v) is 8.56. The Morgan fingerprint density at radius 3 is 2.38 bits per heavy atom. The molecule has 0 aliphatic heterocycles. The topological polar surface area (TPSA) is 80.2 Å². The van der Waals surface area contributed by atoms with Crippen LogP contribution in [0.25, 0.3) is 0 Å². The van der Waals surface area contributed by atoms with E-state index < -0.39 is 5.91 Å². The van der Waals surface area contributed by atoms with E-state index in [9.17, 15) is 9.90 Å². The van der Waals surface area contributed by atoms with Crippen LogP contribution in [0.5, 0.6) is 17.2 Å². The Morgan fingerprint density at radius 2 is 1.83 bits per heavy atom. The molecule has 0 aliphatic carbocycles. The first-order chi connectivity index (χ1) is 11.4. The second kappa shape index (κ2) is 8.34. The number of halogens is 2. The van der Waals surface area contributed by atoms with E-state index in [2.05, 4.69) is 26.5 Å². The standard InChI is InChI=1S/C16H14BrIN2O4/c1-23-11-5-10(6-12(7-11)24-2)16(22)20-19-8-9-3-13(17)15(21)14(18)4-9/h3-8,21H,1-2H3,(H,20,22)/b19-8-. The molecule has 0 aliphatic rings. The highest BCUT2D eigenvalue weighted by molar-refractivity contribution is 14.1. The number of phenolic OH excluding ortho intramolecular Hbond substituents is 1. The average Bonchev–Trinajstić information content (AvgIpc) is 2.58. The number of nitrogens with zero attached hydrogens (tertiary/aromatic N) is 1. The van der Waals surface area contributed by atoms with Crippen molar-refractivity contribution in [3.05, 3.63) is 49.5 Å². The molecule has 0 bridgehead atoms. The third-order valence-electron chi connectivity index (χ3n) is 3.03. The van der Waals surface area contributed by atoms with Crippen LogP contribution in [0.1, 0.15) is 15.9 Å². The number of ether oxygens (including phenoxy) is 2. The van der Waals surface area contributed by atoms with Gasteiger partial charge in [0.2, 0.25) is 0 Å². The summed E-state index contributed by atoms with van der Waals surface area (Å²) in [6, 6.07) is 8.30. The van der Waals surface area contributed by atoms with Gasteiger partial charge in [0.1, 0.15) is 17.2 Å². The number of carbonyl (C=O) groups is 1. The summed E-state index contributed by atoms with van der Waals surface area (Å²) in [5.74, 6) is 0.803. The largest absolute Gasteiger partial charge is 0.506 e. The highest BCUT2D eigenvalue weighted by Crippen LogP contribution is 2.29. The molecule has 2 N–H and O–H groups in total. The summed E-state index contributed by atoms with van der Waals surface area (Å²) in [4.78, 5) is 12.2. The number of hydrogen-bond acceptors (Lipinski definition) is 5. The number of benzene rings is 2. The molecule has 0 atom stereocenters. The molecule has 2 aromatic carbocycles. The van der Waals surface area contributed by atoms with Gasteiger partial charge in [-0.2, -0.15) is 5.10 Å². The van der Waals surface area contributed by atoms with Gasteiger partial charge in [-0.1, -0.05) is 0 Å². The van der Waals surface area contributed by atoms with Crippen molar-refractivity contribution in [1.82, 2.24) is 5.43 Å². The summed E-state index contributed by atoms with van der Waals surface area (Å²) >= 11 is 5.26. The first kappa shape index (κ1) is 18.5. The van der Waals surface area contributed by atoms with Gasteiger partial charge < -0.3 is 14.6 Å². The van der Waals surface area contributed by atoms with Crippen LogP contribution in [0, 0.1) is 3.57 Å². The van der Waals surface area contributed by atoms with Crippen molar-refractivity contribution in [2.45, 2.75) is 0 Å². The smallest absolute Gasteiger partial charge is 0.271 e. The predicted octanol–water partition coefficient (Wildman–Crippen LogP) is 3.54. The Balaban J connectivity index is 2.13. The fourth-order valence-electron chi connectivity index (χ4n) is 1.83. The number of rotatable bonds is 5. The second-order valence-electron chi connectivity index (χ2n) is 4.63. The lowest BCUT2D eigenvalue weighted by Crippen LogP contribution is -2.17. The molecule has 0 saturated carbocycles. The summed E-state index contributed by atoms with van der Waals surface area (Å²) < 4.78 is 11.5. The van der Waals surface area contributed by atoms with E-state index in [1.54, 1.807) is 30.3 Å². The minimum atomic E-state index is -0.393. The molecule has 2 rings (SSSR count). The fraction of sp³-hybridized carbons (Fsp3) is 0.125. The minimum absolute atomic E-state index is 0.167. The van der Waals surface area contributed by atoms with E-state index in [4.69, 9.17) is 9.47 Å². The van der Waals surface area contributed by atoms with E-state index in [1.165, 1.54) is 20.4 Å². The molecule has 6 nitrogen and oxygen atoms in total. The molecule has 1 amide bonds. The van der Waals surface area contributed by atoms with Gasteiger partial charge in [-0.15, -0.1) is 0 Å². The number of methoxy groups -OCH3 is 2. The van der Waals surface area contributed by atoms with Crippen molar-refractivity contribution >= 4 is 50.6 Å². The van der Waals surface area contributed by atoms with Crippen molar-refractivity contribution in [2.24, 2.45) is 5.10 Å². The van der Waals surface area contributed by atoms with Gasteiger partial charge >= 0.3 is 0 Å². The molecule has 0 radical (unpaired) electrons. The summed E-state index contributed by atoms with van der Waals surface area (Å²) in [6.07, 6.45) is 1.49. The molecule has 8 heteroatoms. The third kappa shape index (κ3) is 4.60. The molecule has 0 fully saturated rings. The summed E-state index contributed by atoms with van der Waals surface area (Å²) in [6.45, 7) is 0. The average molecular weight is 505 g/mol. The van der Waals surface area contributed by atoms with E-state index in [-0.39, 0.29) is 5.75 Å². The summed E-state index contributed by atoms with van der Waals surface area (Å²) in [7, 11) is 3.03. The zero-order valence-corrected chi connectivity index (χ0v) is 16.6. The van der Waals surface area contributed by atoms with Crippen molar-refractivity contribution in [2.75, 3.05) is 14.2 Å². The van der Waals surface area contributed by atoms with Gasteiger partial charge in [0.15, 0.2) is 0 Å². The van der Waals surface area contributed by atoms with Crippen molar-refractivity contribution in [1.29, 1.82) is 0 Å². The quantitative estimate of drug-likeness (QED) is 0.371. The van der Waals surface area contributed by atoms with Crippen LogP contribution in [-0.4, -0.2) is 31.4 Å². The maximum atomic E-state index is 12.2. The molecule has 0 saturated heterocycles. The zero-order valence-electron chi connectivity index (χ0n) is 12.8. The highest BCUT2D eigenvalue weighted by atomic mass is 127. The molecule has 0 unspecified atom stereocenters. The number of nitrogens with one attached hydrogen (secondary N) is 1. The maximum absolute atomic E-state index is 12.2. The van der Waals surface area contributed by atoms with Crippen LogP contribution >= 0.6 is 38.5 Å². The zero-order chi connectivity index (χ0) is 17.7. The number of carbonyl (C=O) groups excluding carboxylic acids is 1. The van der Waals surface area contributed by atoms with Gasteiger partial charge in [0.25, 0.3) is 5.91 Å². The molecular formula is C16H14BrIN2O4. The van der Waals surface area contributed by atoms with E-state index in [0.717, 1.165) is 5.56 Å². The summed E-state index contributed by atoms with van der Waals surface area (Å²) in [5, 5.41) is 13.6. The van der Waals surface area contributed by atoms with Gasteiger partial charge in [-0.05, 0) is 68.3 Å². The molecule has 0 aromatic heterocycles. The number of hydrogen-bond donors (Lipinski definition) is 2. The second-order valence-corrected chi connectivity index (χ2v) is 6.65. The Labute approximate surface area is 161 Å². The Kier molecular flexibility index (Phi) is 6.44. The van der Waals surface area contributed by atoms with Crippen LogP contribution in [0.4, 0.5) is 0 Å². The highest BCUT2D eigenvalue weighted by Gasteiger charge is 2.09. The van der Waals surface area contributed by atoms with Gasteiger partial charge in [0, 0.05) is 11.6 Å².